The number of carbonyl (C=O) groups is 3. The highest BCUT2D eigenvalue weighted by atomic mass is 127. The molecule has 1 aliphatic heterocycles. The van der Waals surface area contributed by atoms with Gasteiger partial charge in [0.05, 0.1) is 15.1 Å². The van der Waals surface area contributed by atoms with Crippen molar-refractivity contribution in [3.8, 4) is 11.5 Å². The number of anilines is 1. The summed E-state index contributed by atoms with van der Waals surface area (Å²) in [7, 11) is 0. The highest BCUT2D eigenvalue weighted by Crippen LogP contribution is 2.38. The summed E-state index contributed by atoms with van der Waals surface area (Å²) in [4.78, 5) is 39.1. The quantitative estimate of drug-likeness (QED) is 0.189. The highest BCUT2D eigenvalue weighted by Gasteiger charge is 2.36. The molecule has 0 aromatic heterocycles. The smallest absolute Gasteiger partial charge is 0.294 e. The molecule has 3 amide bonds. The molecule has 1 heterocycles. The summed E-state index contributed by atoms with van der Waals surface area (Å²) in [5, 5.41) is 3.18. The minimum atomic E-state index is -0.548. The number of ether oxygens (including phenoxy) is 2. The summed E-state index contributed by atoms with van der Waals surface area (Å²) in [6, 6.07) is 17.6. The van der Waals surface area contributed by atoms with E-state index in [9.17, 15) is 14.4 Å². The van der Waals surface area contributed by atoms with Crippen molar-refractivity contribution in [3.63, 3.8) is 0 Å². The van der Waals surface area contributed by atoms with E-state index < -0.39 is 23.6 Å². The summed E-state index contributed by atoms with van der Waals surface area (Å²) < 4.78 is 12.6. The van der Waals surface area contributed by atoms with E-state index in [1.165, 1.54) is 0 Å². The molecule has 3 aromatic rings. The van der Waals surface area contributed by atoms with Gasteiger partial charge >= 0.3 is 0 Å². The van der Waals surface area contributed by atoms with E-state index >= 15 is 0 Å². The van der Waals surface area contributed by atoms with Crippen LogP contribution < -0.4 is 14.8 Å². The maximum Gasteiger partial charge on any atom is 0.294 e. The van der Waals surface area contributed by atoms with E-state index in [1.54, 1.807) is 42.5 Å². The molecular weight excluding hydrogens is 662 g/mol. The first-order chi connectivity index (χ1) is 18.2. The molecule has 196 valence electrons. The number of imide groups is 1. The second kappa shape index (κ2) is 12.9. The van der Waals surface area contributed by atoms with Crippen molar-refractivity contribution in [2.24, 2.45) is 0 Å². The fourth-order valence-corrected chi connectivity index (χ4v) is 5.54. The lowest BCUT2D eigenvalue weighted by Crippen LogP contribution is -2.36. The number of carbonyl (C=O) groups excluding carboxylic acids is 3. The molecule has 1 fully saturated rings. The number of hydrogen-bond donors (Lipinski definition) is 1. The molecule has 0 spiro atoms. The largest absolute Gasteiger partial charge is 0.490 e. The molecule has 1 aliphatic rings. The average molecular weight is 683 g/mol. The first-order valence-corrected chi connectivity index (χ1v) is 14.0. The van der Waals surface area contributed by atoms with Gasteiger partial charge in [-0.1, -0.05) is 47.5 Å². The van der Waals surface area contributed by atoms with E-state index in [1.807, 2.05) is 31.2 Å². The van der Waals surface area contributed by atoms with Crippen LogP contribution in [-0.2, 0) is 16.2 Å². The number of thioether (sulfide) groups is 1. The zero-order valence-corrected chi connectivity index (χ0v) is 24.5. The lowest BCUT2D eigenvalue weighted by Gasteiger charge is -2.15. The van der Waals surface area contributed by atoms with Gasteiger partial charge in [-0.2, -0.15) is 0 Å². The molecule has 38 heavy (non-hydrogen) atoms. The molecule has 4 rings (SSSR count). The topological polar surface area (TPSA) is 84.9 Å². The van der Waals surface area contributed by atoms with Gasteiger partial charge in [-0.3, -0.25) is 19.3 Å². The Kier molecular flexibility index (Phi) is 9.59. The van der Waals surface area contributed by atoms with Crippen LogP contribution in [0.2, 0.25) is 10.0 Å². The minimum absolute atomic E-state index is 0.202. The van der Waals surface area contributed by atoms with Gasteiger partial charge in [0.15, 0.2) is 11.5 Å². The first-order valence-electron chi connectivity index (χ1n) is 11.4. The van der Waals surface area contributed by atoms with Crippen LogP contribution >= 0.6 is 57.6 Å². The SMILES string of the molecule is CCOc1cc(/C=C2/SC(=O)N(CC(=O)Nc3cccc(Cl)c3)C2=O)cc(I)c1OCc1ccccc1Cl. The Bertz CT molecular complexity index is 1430. The fraction of sp³-hybridized carbons (Fsp3) is 0.148. The third-order valence-electron chi connectivity index (χ3n) is 5.24. The summed E-state index contributed by atoms with van der Waals surface area (Å²) >= 11 is 15.1. The van der Waals surface area contributed by atoms with Gasteiger partial charge in [-0.25, -0.2) is 0 Å². The Morgan fingerprint density at radius 3 is 2.61 bits per heavy atom. The number of hydrogen-bond acceptors (Lipinski definition) is 6. The highest BCUT2D eigenvalue weighted by molar-refractivity contribution is 14.1. The Balaban J connectivity index is 1.50. The van der Waals surface area contributed by atoms with E-state index in [4.69, 9.17) is 32.7 Å². The number of nitrogens with zero attached hydrogens (tertiary/aromatic N) is 1. The second-order valence-corrected chi connectivity index (χ2v) is 11.0. The van der Waals surface area contributed by atoms with Gasteiger partial charge < -0.3 is 14.8 Å². The van der Waals surface area contributed by atoms with Gasteiger partial charge in [0.25, 0.3) is 11.1 Å². The normalized spacial score (nSPS) is 14.2. The van der Waals surface area contributed by atoms with Crippen LogP contribution in [0.3, 0.4) is 0 Å². The standard InChI is InChI=1S/C27H21Cl2IN2O5S/c1-2-36-22-11-16(10-21(30)25(22)37-15-17-6-3-4-9-20(17)29)12-23-26(34)32(27(35)38-23)14-24(33)31-19-8-5-7-18(28)13-19/h3-13H,2,14-15H2,1H3,(H,31,33)/b23-12+. The predicted molar refractivity (Wildman–Crippen MR) is 159 cm³/mol. The molecule has 11 heteroatoms. The Morgan fingerprint density at radius 1 is 1.08 bits per heavy atom. The number of rotatable bonds is 9. The van der Waals surface area contributed by atoms with Crippen molar-refractivity contribution in [2.75, 3.05) is 18.5 Å². The van der Waals surface area contributed by atoms with Gasteiger partial charge in [0, 0.05) is 21.3 Å². The zero-order valence-electron chi connectivity index (χ0n) is 20.0. The van der Waals surface area contributed by atoms with Crippen LogP contribution in [0, 0.1) is 3.57 Å². The lowest BCUT2D eigenvalue weighted by molar-refractivity contribution is -0.127. The molecule has 0 bridgehead atoms. The van der Waals surface area contributed by atoms with Gasteiger partial charge in [-0.05, 0) is 89.3 Å². The van der Waals surface area contributed by atoms with Crippen LogP contribution in [0.25, 0.3) is 6.08 Å². The van der Waals surface area contributed by atoms with Gasteiger partial charge in [0.1, 0.15) is 13.2 Å². The van der Waals surface area contributed by atoms with E-state index in [0.29, 0.717) is 39.4 Å². The van der Waals surface area contributed by atoms with Crippen LogP contribution in [0.4, 0.5) is 10.5 Å². The number of halogens is 3. The number of amides is 3. The minimum Gasteiger partial charge on any atom is -0.490 e. The molecule has 0 atom stereocenters. The zero-order chi connectivity index (χ0) is 27.2. The van der Waals surface area contributed by atoms with Crippen molar-refractivity contribution < 1.29 is 23.9 Å². The van der Waals surface area contributed by atoms with Crippen molar-refractivity contribution in [1.29, 1.82) is 0 Å². The second-order valence-electron chi connectivity index (χ2n) is 7.97. The van der Waals surface area contributed by atoms with Crippen molar-refractivity contribution in [2.45, 2.75) is 13.5 Å². The van der Waals surface area contributed by atoms with Gasteiger partial charge in [-0.15, -0.1) is 0 Å². The monoisotopic (exact) mass is 682 g/mol. The summed E-state index contributed by atoms with van der Waals surface area (Å²) in [6.45, 7) is 2.10. The van der Waals surface area contributed by atoms with Crippen LogP contribution in [0.5, 0.6) is 11.5 Å². The Hall–Kier alpha value is -2.73. The third-order valence-corrected chi connectivity index (χ3v) is 7.56. The summed E-state index contributed by atoms with van der Waals surface area (Å²) in [5.74, 6) is -0.00887. The fourth-order valence-electron chi connectivity index (χ4n) is 3.54. The molecule has 1 N–H and O–H groups in total. The Labute approximate surface area is 247 Å². The van der Waals surface area contributed by atoms with E-state index in [2.05, 4.69) is 27.9 Å². The molecule has 3 aromatic carbocycles. The predicted octanol–water partition coefficient (Wildman–Crippen LogP) is 7.25. The Morgan fingerprint density at radius 2 is 1.87 bits per heavy atom. The molecular formula is C27H21Cl2IN2O5S. The van der Waals surface area contributed by atoms with E-state index in [0.717, 1.165) is 25.8 Å². The summed E-state index contributed by atoms with van der Waals surface area (Å²) in [6.07, 6.45) is 1.60. The average Bonchev–Trinajstić information content (AvgIpc) is 3.12. The first kappa shape index (κ1) is 28.3. The number of nitrogens with one attached hydrogen (secondary N) is 1. The molecule has 7 nitrogen and oxygen atoms in total. The van der Waals surface area contributed by atoms with Crippen molar-refractivity contribution in [1.82, 2.24) is 4.90 Å². The molecule has 0 unspecified atom stereocenters. The maximum absolute atomic E-state index is 13.0. The van der Waals surface area contributed by atoms with Crippen LogP contribution in [-0.4, -0.2) is 35.1 Å². The van der Waals surface area contributed by atoms with Crippen molar-refractivity contribution >= 4 is 86.4 Å². The van der Waals surface area contributed by atoms with Crippen LogP contribution in [0.15, 0.2) is 65.6 Å². The number of benzene rings is 3. The third kappa shape index (κ3) is 7.02. The molecule has 0 aliphatic carbocycles. The van der Waals surface area contributed by atoms with E-state index in [-0.39, 0.29) is 11.5 Å². The summed E-state index contributed by atoms with van der Waals surface area (Å²) in [5.41, 5.74) is 1.96. The molecule has 0 radical (unpaired) electrons. The van der Waals surface area contributed by atoms with Gasteiger partial charge in [0.2, 0.25) is 5.91 Å². The van der Waals surface area contributed by atoms with Crippen LogP contribution in [0.1, 0.15) is 18.1 Å². The maximum atomic E-state index is 13.0. The molecule has 0 saturated carbocycles. The molecule has 1 saturated heterocycles. The van der Waals surface area contributed by atoms with Crippen molar-refractivity contribution in [3.05, 3.63) is 90.3 Å². The lowest BCUT2D eigenvalue weighted by atomic mass is 10.1.